The number of nitrogens with zero attached hydrogens (tertiary/aromatic N) is 2. The van der Waals surface area contributed by atoms with E-state index in [1.807, 2.05) is 12.1 Å². The molecule has 2 N–H and O–H groups in total. The van der Waals surface area contributed by atoms with Crippen molar-refractivity contribution < 1.29 is 33.3 Å². The Bertz CT molecular complexity index is 1230. The van der Waals surface area contributed by atoms with Crippen molar-refractivity contribution in [1.82, 2.24) is 9.97 Å². The summed E-state index contributed by atoms with van der Waals surface area (Å²) in [4.78, 5) is 33.1. The number of anilines is 2. The van der Waals surface area contributed by atoms with E-state index in [9.17, 15) is 9.59 Å². The summed E-state index contributed by atoms with van der Waals surface area (Å²) < 4.78 is 28.3. The van der Waals surface area contributed by atoms with Crippen molar-refractivity contribution in [3.8, 4) is 23.0 Å². The van der Waals surface area contributed by atoms with Gasteiger partial charge < -0.3 is 23.7 Å². The van der Waals surface area contributed by atoms with E-state index in [0.29, 0.717) is 44.3 Å². The van der Waals surface area contributed by atoms with Crippen molar-refractivity contribution in [2.75, 3.05) is 37.4 Å². The molecular formula is C20H14N4O7S2. The van der Waals surface area contributed by atoms with Crippen LogP contribution in [0, 0.1) is 0 Å². The summed E-state index contributed by atoms with van der Waals surface area (Å²) in [7, 11) is 0. The quantitative estimate of drug-likeness (QED) is 0.422. The predicted molar refractivity (Wildman–Crippen MR) is 120 cm³/mol. The number of carbonyl (C=O) groups excluding carboxylic acids is 2. The maximum absolute atomic E-state index is 12.2. The van der Waals surface area contributed by atoms with Crippen LogP contribution in [-0.2, 0) is 14.3 Å². The number of hydrogen-bond acceptors (Lipinski definition) is 11. The van der Waals surface area contributed by atoms with E-state index in [1.54, 1.807) is 12.1 Å². The molecule has 4 aromatic rings. The van der Waals surface area contributed by atoms with Gasteiger partial charge in [0.05, 0.1) is 20.4 Å². The van der Waals surface area contributed by atoms with Crippen molar-refractivity contribution in [2.45, 2.75) is 0 Å². The topological polar surface area (TPSA) is 130 Å². The molecule has 11 nitrogen and oxygen atoms in total. The molecule has 0 unspecified atom stereocenters. The van der Waals surface area contributed by atoms with Crippen LogP contribution in [0.5, 0.6) is 23.0 Å². The molecule has 0 atom stereocenters. The summed E-state index contributed by atoms with van der Waals surface area (Å²) in [5, 5.41) is 6.17. The summed E-state index contributed by atoms with van der Waals surface area (Å²) >= 11 is 2.61. The molecule has 0 aliphatic carbocycles. The van der Waals surface area contributed by atoms with Gasteiger partial charge in [0.15, 0.2) is 33.3 Å². The second-order valence-corrected chi connectivity index (χ2v) is 9.03. The molecule has 2 aliphatic rings. The van der Waals surface area contributed by atoms with Crippen molar-refractivity contribution in [2.24, 2.45) is 0 Å². The third-order valence-electron chi connectivity index (χ3n) is 4.72. The second kappa shape index (κ2) is 8.03. The molecule has 0 bridgehead atoms. The highest BCUT2D eigenvalue weighted by atomic mass is 32.1. The van der Waals surface area contributed by atoms with Crippen molar-refractivity contribution in [3.63, 3.8) is 0 Å². The first-order valence-electron chi connectivity index (χ1n) is 9.68. The largest absolute Gasteiger partial charge is 0.454 e. The molecule has 6 rings (SSSR count). The highest BCUT2D eigenvalue weighted by Gasteiger charge is 2.19. The first-order chi connectivity index (χ1) is 16.1. The highest BCUT2D eigenvalue weighted by Crippen LogP contribution is 2.40. The molecule has 2 aromatic heterocycles. The first-order valence-corrected chi connectivity index (χ1v) is 11.3. The number of ether oxygens (including phenoxy) is 5. The third kappa shape index (κ3) is 3.97. The number of aromatic nitrogens is 2. The lowest BCUT2D eigenvalue weighted by Crippen LogP contribution is -2.23. The molecule has 2 aromatic carbocycles. The van der Waals surface area contributed by atoms with Gasteiger partial charge in [-0.2, -0.15) is 0 Å². The van der Waals surface area contributed by atoms with E-state index in [0.717, 1.165) is 9.40 Å². The number of thiazole rings is 2. The zero-order valence-electron chi connectivity index (χ0n) is 16.7. The minimum absolute atomic E-state index is 0.186. The van der Waals surface area contributed by atoms with Gasteiger partial charge in [-0.3, -0.25) is 20.2 Å². The summed E-state index contributed by atoms with van der Waals surface area (Å²) in [6.45, 7) is -0.224. The SMILES string of the molecule is O=C(COCC(=O)Nc1nc2cc3c(cc2s1)OCO3)Nc1nc2cc3c(cc2s1)OCO3. The summed E-state index contributed by atoms with van der Waals surface area (Å²) in [6.07, 6.45) is 0. The van der Waals surface area contributed by atoms with Crippen LogP contribution in [-0.4, -0.2) is 48.6 Å². The van der Waals surface area contributed by atoms with E-state index in [-0.39, 0.29) is 26.8 Å². The molecule has 0 radical (unpaired) electrons. The van der Waals surface area contributed by atoms with Gasteiger partial charge in [-0.05, 0) is 0 Å². The van der Waals surface area contributed by atoms with Gasteiger partial charge in [0.2, 0.25) is 13.6 Å². The van der Waals surface area contributed by atoms with Crippen LogP contribution in [0.1, 0.15) is 0 Å². The van der Waals surface area contributed by atoms with Gasteiger partial charge in [-0.1, -0.05) is 22.7 Å². The molecule has 13 heteroatoms. The summed E-state index contributed by atoms with van der Waals surface area (Å²) in [5.74, 6) is 1.71. The maximum atomic E-state index is 12.2. The Morgan fingerprint density at radius 1 is 0.758 bits per heavy atom. The fourth-order valence-electron chi connectivity index (χ4n) is 3.29. The molecule has 0 spiro atoms. The fraction of sp³-hybridized carbons (Fsp3) is 0.200. The number of carbonyl (C=O) groups is 2. The van der Waals surface area contributed by atoms with E-state index < -0.39 is 11.8 Å². The summed E-state index contributed by atoms with van der Waals surface area (Å²) in [6, 6.07) is 7.17. The number of rotatable bonds is 6. The van der Waals surface area contributed by atoms with Crippen molar-refractivity contribution >= 4 is 65.2 Å². The van der Waals surface area contributed by atoms with Gasteiger partial charge in [0.1, 0.15) is 13.2 Å². The van der Waals surface area contributed by atoms with Gasteiger partial charge in [0.25, 0.3) is 11.8 Å². The Labute approximate surface area is 193 Å². The van der Waals surface area contributed by atoms with Gasteiger partial charge in [0, 0.05) is 24.3 Å². The van der Waals surface area contributed by atoms with E-state index in [1.165, 1.54) is 22.7 Å². The number of fused-ring (bicyclic) bond motifs is 4. The molecule has 0 saturated carbocycles. The molecular weight excluding hydrogens is 472 g/mol. The average Bonchev–Trinajstić information content (AvgIpc) is 3.55. The molecule has 168 valence electrons. The van der Waals surface area contributed by atoms with Gasteiger partial charge in [-0.15, -0.1) is 0 Å². The normalized spacial score (nSPS) is 13.6. The number of benzene rings is 2. The standard InChI is InChI=1S/C20H14N4O7S2/c25-17(23-19-21-9-1-11-13(30-7-28-11)3-15(9)32-19)5-27-6-18(26)24-20-22-10-2-12-14(31-8-29-12)4-16(10)33-20/h1-4H,5-8H2,(H,21,23,25)(H,22,24,26). The summed E-state index contributed by atoms with van der Waals surface area (Å²) in [5.41, 5.74) is 1.39. The Morgan fingerprint density at radius 2 is 1.18 bits per heavy atom. The lowest BCUT2D eigenvalue weighted by atomic mass is 10.3. The second-order valence-electron chi connectivity index (χ2n) is 6.97. The number of nitrogens with one attached hydrogen (secondary N) is 2. The molecule has 2 amide bonds. The Kier molecular flexibility index (Phi) is 4.86. The Balaban J connectivity index is 1.01. The first kappa shape index (κ1) is 20.0. The molecule has 4 heterocycles. The van der Waals surface area contributed by atoms with Crippen molar-refractivity contribution in [3.05, 3.63) is 24.3 Å². The maximum Gasteiger partial charge on any atom is 0.252 e. The lowest BCUT2D eigenvalue weighted by Gasteiger charge is -2.04. The molecule has 2 aliphatic heterocycles. The Hall–Kier alpha value is -3.68. The van der Waals surface area contributed by atoms with Crippen LogP contribution >= 0.6 is 22.7 Å². The van der Waals surface area contributed by atoms with Gasteiger partial charge in [-0.25, -0.2) is 9.97 Å². The monoisotopic (exact) mass is 486 g/mol. The lowest BCUT2D eigenvalue weighted by molar-refractivity contribution is -0.125. The highest BCUT2D eigenvalue weighted by molar-refractivity contribution is 7.22. The minimum atomic E-state index is -0.420. The van der Waals surface area contributed by atoms with Crippen LogP contribution in [0.25, 0.3) is 20.4 Å². The van der Waals surface area contributed by atoms with Crippen molar-refractivity contribution in [1.29, 1.82) is 0 Å². The number of hydrogen-bond donors (Lipinski definition) is 2. The zero-order valence-corrected chi connectivity index (χ0v) is 18.3. The van der Waals surface area contributed by atoms with Crippen LogP contribution in [0.3, 0.4) is 0 Å². The van der Waals surface area contributed by atoms with E-state index in [4.69, 9.17) is 23.7 Å². The van der Waals surface area contributed by atoms with Crippen LogP contribution < -0.4 is 29.6 Å². The molecule has 0 saturated heterocycles. The van der Waals surface area contributed by atoms with E-state index >= 15 is 0 Å². The van der Waals surface area contributed by atoms with Gasteiger partial charge >= 0.3 is 0 Å². The molecule has 0 fully saturated rings. The Morgan fingerprint density at radius 3 is 1.64 bits per heavy atom. The third-order valence-corrected chi connectivity index (χ3v) is 6.59. The zero-order chi connectivity index (χ0) is 22.4. The van der Waals surface area contributed by atoms with E-state index in [2.05, 4.69) is 20.6 Å². The average molecular weight is 486 g/mol. The predicted octanol–water partition coefficient (Wildman–Crippen LogP) is 2.96. The smallest absolute Gasteiger partial charge is 0.252 e. The minimum Gasteiger partial charge on any atom is -0.454 e. The van der Waals surface area contributed by atoms with Crippen LogP contribution in [0.15, 0.2) is 24.3 Å². The molecule has 33 heavy (non-hydrogen) atoms. The fourth-order valence-corrected chi connectivity index (χ4v) is 5.07. The number of amides is 2. The van der Waals surface area contributed by atoms with Crippen LogP contribution in [0.4, 0.5) is 10.3 Å². The van der Waals surface area contributed by atoms with Crippen LogP contribution in [0.2, 0.25) is 0 Å².